The van der Waals surface area contributed by atoms with E-state index in [0.29, 0.717) is 5.75 Å². The van der Waals surface area contributed by atoms with Gasteiger partial charge in [-0.2, -0.15) is 17.7 Å². The van der Waals surface area contributed by atoms with Crippen LogP contribution >= 0.6 is 0 Å². The van der Waals surface area contributed by atoms with E-state index in [1.807, 2.05) is 45.9 Å². The Hall–Kier alpha value is -0.700. The van der Waals surface area contributed by atoms with Crippen LogP contribution < -0.4 is 4.74 Å². The number of phenols is 1. The molecule has 109 valence electrons. The third kappa shape index (κ3) is 2.45. The van der Waals surface area contributed by atoms with Gasteiger partial charge in [-0.05, 0) is 44.0 Å². The maximum atomic E-state index is 9.95. The molecule has 0 bridgehead atoms. The van der Waals surface area contributed by atoms with Gasteiger partial charge in [0, 0.05) is 49.1 Å². The Morgan fingerprint density at radius 3 is 2.50 bits per heavy atom. The molecule has 1 heterocycles. The van der Waals surface area contributed by atoms with Crippen molar-refractivity contribution in [3.05, 3.63) is 47.0 Å². The zero-order valence-electron chi connectivity index (χ0n) is 12.0. The minimum absolute atomic E-state index is 0. The summed E-state index contributed by atoms with van der Waals surface area (Å²) in [5.74, 6) is 1.17. The molecular weight excluding hydrogens is 401 g/mol. The first kappa shape index (κ1) is 15.7. The number of benzene rings is 2. The third-order valence-electron chi connectivity index (χ3n) is 3.70. The van der Waals surface area contributed by atoms with Crippen LogP contribution in [-0.4, -0.2) is 5.11 Å². The Balaban J connectivity index is 0.00000147. The maximum Gasteiger partial charge on any atom is 0.118 e. The fraction of sp³-hybridized carbons (Fsp3) is 0.294. The molecule has 3 rings (SSSR count). The van der Waals surface area contributed by atoms with Gasteiger partial charge < -0.3 is 9.84 Å². The molecule has 1 aliphatic rings. The summed E-state index contributed by atoms with van der Waals surface area (Å²) in [6.07, 6.45) is 0. The number of hydrogen-bond acceptors (Lipinski definition) is 2. The smallest absolute Gasteiger partial charge is 0.118 e. The fourth-order valence-electron chi connectivity index (χ4n) is 2.63. The predicted octanol–water partition coefficient (Wildman–Crippen LogP) is 4.10. The maximum absolute atomic E-state index is 9.95. The van der Waals surface area contributed by atoms with E-state index in [1.54, 1.807) is 0 Å². The van der Waals surface area contributed by atoms with Crippen molar-refractivity contribution in [1.82, 2.24) is 0 Å². The van der Waals surface area contributed by atoms with Crippen molar-refractivity contribution >= 4 is 0 Å². The number of aromatic hydroxyl groups is 1. The molecule has 0 saturated heterocycles. The summed E-state index contributed by atoms with van der Waals surface area (Å²) in [5.41, 5.74) is 4.75. The van der Waals surface area contributed by atoms with Crippen molar-refractivity contribution in [2.24, 2.45) is 0 Å². The molecule has 2 aromatic rings. The zero-order chi connectivity index (χ0) is 13.8. The van der Waals surface area contributed by atoms with Gasteiger partial charge in [-0.25, -0.2) is 0 Å². The van der Waals surface area contributed by atoms with E-state index in [0.717, 1.165) is 33.6 Å². The second-order valence-corrected chi connectivity index (χ2v) is 5.69. The van der Waals surface area contributed by atoms with Crippen molar-refractivity contribution in [1.29, 1.82) is 0 Å². The predicted molar refractivity (Wildman–Crippen MR) is 75.5 cm³/mol. The van der Waals surface area contributed by atoms with Crippen molar-refractivity contribution < 1.29 is 47.6 Å². The molecule has 20 heavy (non-hydrogen) atoms. The molecule has 0 aliphatic carbocycles. The first-order valence-corrected chi connectivity index (χ1v) is 6.44. The summed E-state index contributed by atoms with van der Waals surface area (Å²) in [4.78, 5) is 0. The molecule has 0 unspecified atom stereocenters. The monoisotopic (exact) mass is 418 g/mol. The van der Waals surface area contributed by atoms with Crippen LogP contribution in [0.3, 0.4) is 0 Å². The van der Waals surface area contributed by atoms with Crippen molar-refractivity contribution in [3.63, 3.8) is 0 Å². The summed E-state index contributed by atoms with van der Waals surface area (Å²) < 4.78 is 6.05. The molecule has 0 amide bonds. The van der Waals surface area contributed by atoms with Gasteiger partial charge in [0.05, 0.1) is 0 Å². The Labute approximate surface area is 149 Å². The molecule has 0 aromatic heterocycles. The molecule has 0 spiro atoms. The van der Waals surface area contributed by atoms with E-state index >= 15 is 0 Å². The minimum Gasteiger partial charge on any atom is -0.542 e. The first-order chi connectivity index (χ1) is 8.88. The number of hydrogen-bond donors (Lipinski definition) is 1. The van der Waals surface area contributed by atoms with Gasteiger partial charge >= 0.3 is 0 Å². The zero-order valence-corrected chi connectivity index (χ0v) is 13.9. The Morgan fingerprint density at radius 2 is 1.80 bits per heavy atom. The fourth-order valence-corrected chi connectivity index (χ4v) is 2.63. The van der Waals surface area contributed by atoms with Crippen LogP contribution in [0.4, 0.5) is 0 Å². The Kier molecular flexibility index (Phi) is 4.12. The molecule has 2 aromatic carbocycles. The number of fused-ring (bicyclic) bond motifs is 3. The molecule has 1 aliphatic heterocycles. The average Bonchev–Trinajstić information content (AvgIpc) is 2.33. The van der Waals surface area contributed by atoms with Gasteiger partial charge in [-0.3, -0.25) is 0 Å². The van der Waals surface area contributed by atoms with Gasteiger partial charge in [0.15, 0.2) is 0 Å². The SMILES string of the molecule is Cc1[c-]cc2c(c1)-c1cc(C)c(O)cc1C(C)(C)O2.[Ho]. The topological polar surface area (TPSA) is 29.5 Å². The second-order valence-electron chi connectivity index (χ2n) is 5.69. The van der Waals surface area contributed by atoms with Crippen LogP contribution in [-0.2, 0) is 5.60 Å². The summed E-state index contributed by atoms with van der Waals surface area (Å²) in [6.45, 7) is 7.97. The van der Waals surface area contributed by atoms with E-state index in [9.17, 15) is 5.11 Å². The number of rotatable bonds is 0. The molecule has 0 saturated carbocycles. The Bertz CT molecular complexity index is 675. The quantitative estimate of drug-likeness (QED) is 0.516. The molecule has 0 fully saturated rings. The van der Waals surface area contributed by atoms with Crippen LogP contribution in [0, 0.1) is 57.7 Å². The van der Waals surface area contributed by atoms with Crippen LogP contribution in [0.1, 0.15) is 30.5 Å². The molecule has 2 nitrogen and oxygen atoms in total. The largest absolute Gasteiger partial charge is 0.542 e. The Morgan fingerprint density at radius 1 is 1.10 bits per heavy atom. The van der Waals surface area contributed by atoms with Gasteiger partial charge in [0.2, 0.25) is 0 Å². The van der Waals surface area contributed by atoms with Crippen LogP contribution in [0.25, 0.3) is 11.1 Å². The summed E-state index contributed by atoms with van der Waals surface area (Å²) in [5, 5.41) is 9.95. The summed E-state index contributed by atoms with van der Waals surface area (Å²) in [6, 6.07) is 11.0. The third-order valence-corrected chi connectivity index (χ3v) is 3.70. The van der Waals surface area contributed by atoms with E-state index in [2.05, 4.69) is 12.1 Å². The van der Waals surface area contributed by atoms with E-state index < -0.39 is 5.60 Å². The molecule has 3 heteroatoms. The van der Waals surface area contributed by atoms with Crippen molar-refractivity contribution in [2.75, 3.05) is 0 Å². The van der Waals surface area contributed by atoms with Crippen molar-refractivity contribution in [3.8, 4) is 22.6 Å². The summed E-state index contributed by atoms with van der Waals surface area (Å²) in [7, 11) is 0. The van der Waals surface area contributed by atoms with E-state index in [4.69, 9.17) is 4.74 Å². The van der Waals surface area contributed by atoms with Crippen molar-refractivity contribution in [2.45, 2.75) is 33.3 Å². The number of aryl methyl sites for hydroxylation is 2. The molecule has 0 atom stereocenters. The van der Waals surface area contributed by atoms with Gasteiger partial charge in [-0.15, -0.1) is 6.07 Å². The number of ether oxygens (including phenoxy) is 1. The standard InChI is InChI=1S/C17H17O2.Ho/c1-10-5-6-16-13(7-10)12-8-11(2)15(18)9-14(12)17(3,4)19-16;/h6-9,18H,1-4H3;/q-1;. The van der Waals surface area contributed by atoms with Gasteiger partial charge in [-0.1, -0.05) is 12.5 Å². The number of phenolic OH excluding ortho intramolecular Hbond substituents is 1. The molecule has 1 radical (unpaired) electrons. The average molecular weight is 418 g/mol. The van der Waals surface area contributed by atoms with Crippen LogP contribution in [0.2, 0.25) is 0 Å². The van der Waals surface area contributed by atoms with E-state index in [-0.39, 0.29) is 37.7 Å². The van der Waals surface area contributed by atoms with Gasteiger partial charge in [0.25, 0.3) is 0 Å². The van der Waals surface area contributed by atoms with Gasteiger partial charge in [0.1, 0.15) is 11.4 Å². The normalized spacial score (nSPS) is 14.6. The molecule has 1 N–H and O–H groups in total. The van der Waals surface area contributed by atoms with Crippen LogP contribution in [0.15, 0.2) is 24.3 Å². The summed E-state index contributed by atoms with van der Waals surface area (Å²) >= 11 is 0. The van der Waals surface area contributed by atoms with Crippen LogP contribution in [0.5, 0.6) is 11.5 Å². The molecular formula is C17H17HoO2-. The first-order valence-electron chi connectivity index (χ1n) is 6.44. The minimum atomic E-state index is -0.448. The second kappa shape index (κ2) is 5.25. The van der Waals surface area contributed by atoms with E-state index in [1.165, 1.54) is 0 Å².